The Morgan fingerprint density at radius 2 is 1.93 bits per heavy atom. The molecular weight excluding hydrogens is 386 g/mol. The molecule has 7 nitrogen and oxygen atoms in total. The van der Waals surface area contributed by atoms with Crippen molar-refractivity contribution in [2.24, 2.45) is 0 Å². The van der Waals surface area contributed by atoms with Crippen molar-refractivity contribution in [2.75, 3.05) is 13.7 Å². The molecule has 0 aliphatic heterocycles. The fourth-order valence-corrected chi connectivity index (χ4v) is 4.25. The van der Waals surface area contributed by atoms with E-state index in [1.807, 2.05) is 52.4 Å². The van der Waals surface area contributed by atoms with Crippen LogP contribution in [0, 0.1) is 0 Å². The van der Waals surface area contributed by atoms with E-state index in [1.54, 1.807) is 13.3 Å². The molecule has 0 fully saturated rings. The topological polar surface area (TPSA) is 86.0 Å². The number of aromatic hydroxyl groups is 1. The normalized spacial score (nSPS) is 11.5. The lowest BCUT2D eigenvalue weighted by atomic mass is 10.2. The van der Waals surface area contributed by atoms with Gasteiger partial charge in [0, 0.05) is 30.8 Å². The zero-order chi connectivity index (χ0) is 19.8. The van der Waals surface area contributed by atoms with E-state index in [1.165, 1.54) is 11.3 Å². The van der Waals surface area contributed by atoms with Gasteiger partial charge in [0.05, 0.1) is 28.9 Å². The SMILES string of the molecule is COCCn1c(-c2nc(O)c3scc(-c4ccccn4)c3n2)nc2ccccc21. The Hall–Kier alpha value is -3.36. The van der Waals surface area contributed by atoms with Crippen LogP contribution in [0.4, 0.5) is 0 Å². The van der Waals surface area contributed by atoms with Gasteiger partial charge >= 0.3 is 0 Å². The summed E-state index contributed by atoms with van der Waals surface area (Å²) in [6.07, 6.45) is 1.74. The summed E-state index contributed by atoms with van der Waals surface area (Å²) in [6, 6.07) is 13.6. The van der Waals surface area contributed by atoms with Crippen molar-refractivity contribution < 1.29 is 9.84 Å². The molecule has 0 atom stereocenters. The highest BCUT2D eigenvalue weighted by molar-refractivity contribution is 7.18. The predicted octanol–water partition coefficient (Wildman–Crippen LogP) is 4.12. The molecule has 0 saturated carbocycles. The van der Waals surface area contributed by atoms with E-state index in [0.717, 1.165) is 22.3 Å². The molecule has 0 unspecified atom stereocenters. The van der Waals surface area contributed by atoms with E-state index in [-0.39, 0.29) is 5.88 Å². The van der Waals surface area contributed by atoms with Crippen LogP contribution in [-0.2, 0) is 11.3 Å². The Bertz CT molecular complexity index is 1310. The molecule has 1 N–H and O–H groups in total. The molecular formula is C21H17N5O2S. The van der Waals surface area contributed by atoms with Gasteiger partial charge in [-0.05, 0) is 24.3 Å². The monoisotopic (exact) mass is 403 g/mol. The highest BCUT2D eigenvalue weighted by atomic mass is 32.1. The van der Waals surface area contributed by atoms with E-state index in [4.69, 9.17) is 14.7 Å². The van der Waals surface area contributed by atoms with E-state index < -0.39 is 0 Å². The lowest BCUT2D eigenvalue weighted by Gasteiger charge is -2.08. The molecule has 0 saturated heterocycles. The van der Waals surface area contributed by atoms with Crippen molar-refractivity contribution in [1.29, 1.82) is 0 Å². The minimum atomic E-state index is -0.0532. The third-order valence-corrected chi connectivity index (χ3v) is 5.68. The van der Waals surface area contributed by atoms with Gasteiger partial charge in [0.2, 0.25) is 5.88 Å². The molecule has 0 aliphatic rings. The van der Waals surface area contributed by atoms with Gasteiger partial charge in [0.1, 0.15) is 4.70 Å². The zero-order valence-electron chi connectivity index (χ0n) is 15.6. The smallest absolute Gasteiger partial charge is 0.233 e. The Kier molecular flexibility index (Phi) is 4.42. The van der Waals surface area contributed by atoms with Gasteiger partial charge in [-0.1, -0.05) is 18.2 Å². The van der Waals surface area contributed by atoms with Gasteiger partial charge in [-0.3, -0.25) is 4.98 Å². The molecule has 0 bridgehead atoms. The van der Waals surface area contributed by atoms with Gasteiger partial charge < -0.3 is 14.4 Å². The highest BCUT2D eigenvalue weighted by Crippen LogP contribution is 2.37. The van der Waals surface area contributed by atoms with Crippen molar-refractivity contribution in [3.63, 3.8) is 0 Å². The number of methoxy groups -OCH3 is 1. The van der Waals surface area contributed by atoms with Crippen LogP contribution in [0.2, 0.25) is 0 Å². The Balaban J connectivity index is 1.73. The first-order valence-electron chi connectivity index (χ1n) is 9.10. The number of benzene rings is 1. The first-order chi connectivity index (χ1) is 14.3. The Morgan fingerprint density at radius 3 is 2.76 bits per heavy atom. The van der Waals surface area contributed by atoms with Crippen LogP contribution in [0.3, 0.4) is 0 Å². The number of rotatable bonds is 5. The first-order valence-corrected chi connectivity index (χ1v) is 9.98. The van der Waals surface area contributed by atoms with Crippen molar-refractivity contribution in [3.8, 4) is 28.8 Å². The van der Waals surface area contributed by atoms with Gasteiger partial charge in [-0.15, -0.1) is 11.3 Å². The number of thiophene rings is 1. The lowest BCUT2D eigenvalue weighted by Crippen LogP contribution is -2.07. The van der Waals surface area contributed by atoms with Crippen LogP contribution in [-0.4, -0.2) is 43.3 Å². The molecule has 8 heteroatoms. The maximum absolute atomic E-state index is 10.6. The predicted molar refractivity (Wildman–Crippen MR) is 113 cm³/mol. The van der Waals surface area contributed by atoms with E-state index >= 15 is 0 Å². The minimum Gasteiger partial charge on any atom is -0.492 e. The molecule has 0 amide bonds. The van der Waals surface area contributed by atoms with Crippen molar-refractivity contribution in [1.82, 2.24) is 24.5 Å². The third-order valence-electron chi connectivity index (χ3n) is 4.71. The van der Waals surface area contributed by atoms with Crippen LogP contribution in [0.5, 0.6) is 5.88 Å². The van der Waals surface area contributed by atoms with Crippen molar-refractivity contribution in [2.45, 2.75) is 6.54 Å². The fourth-order valence-electron chi connectivity index (χ4n) is 3.36. The number of para-hydroxylation sites is 2. The van der Waals surface area contributed by atoms with Crippen LogP contribution in [0.15, 0.2) is 54.0 Å². The number of ether oxygens (including phenoxy) is 1. The van der Waals surface area contributed by atoms with Crippen LogP contribution in [0.25, 0.3) is 44.2 Å². The van der Waals surface area contributed by atoms with Crippen molar-refractivity contribution in [3.05, 3.63) is 54.0 Å². The number of nitrogens with zero attached hydrogens (tertiary/aromatic N) is 5. The second-order valence-electron chi connectivity index (χ2n) is 6.48. The van der Waals surface area contributed by atoms with Crippen LogP contribution >= 0.6 is 11.3 Å². The Labute approximate surface area is 170 Å². The first kappa shape index (κ1) is 17.7. The molecule has 4 aromatic heterocycles. The van der Waals surface area contributed by atoms with E-state index in [2.05, 4.69) is 9.97 Å². The average molecular weight is 403 g/mol. The number of fused-ring (bicyclic) bond motifs is 2. The van der Waals surface area contributed by atoms with E-state index in [0.29, 0.717) is 35.0 Å². The number of imidazole rings is 1. The molecule has 5 aromatic rings. The summed E-state index contributed by atoms with van der Waals surface area (Å²) in [5.41, 5.74) is 4.15. The summed E-state index contributed by atoms with van der Waals surface area (Å²) in [5.74, 6) is 0.916. The molecule has 29 heavy (non-hydrogen) atoms. The largest absolute Gasteiger partial charge is 0.492 e. The average Bonchev–Trinajstić information content (AvgIpc) is 3.35. The minimum absolute atomic E-state index is 0.0532. The number of hydrogen-bond donors (Lipinski definition) is 1. The molecule has 0 spiro atoms. The molecule has 5 rings (SSSR count). The van der Waals surface area contributed by atoms with Gasteiger partial charge in [0.15, 0.2) is 11.6 Å². The summed E-state index contributed by atoms with van der Waals surface area (Å²) in [7, 11) is 1.66. The van der Waals surface area contributed by atoms with Crippen LogP contribution < -0.4 is 0 Å². The van der Waals surface area contributed by atoms with Crippen molar-refractivity contribution >= 4 is 32.6 Å². The molecule has 4 heterocycles. The van der Waals surface area contributed by atoms with Crippen LogP contribution in [0.1, 0.15) is 0 Å². The number of hydrogen-bond acceptors (Lipinski definition) is 7. The molecule has 0 radical (unpaired) electrons. The zero-order valence-corrected chi connectivity index (χ0v) is 16.4. The maximum atomic E-state index is 10.6. The fraction of sp³-hybridized carbons (Fsp3) is 0.143. The third kappa shape index (κ3) is 3.02. The summed E-state index contributed by atoms with van der Waals surface area (Å²) in [5, 5.41) is 12.5. The standard InChI is InChI=1S/C21H17N5O2S/c1-28-11-10-26-16-8-3-2-7-15(16)23-20(26)19-24-17-13(14-6-4-5-9-22-14)12-29-18(17)21(27)25-19/h2-9,12H,10-11H2,1H3,(H,24,25,27). The maximum Gasteiger partial charge on any atom is 0.233 e. The number of aromatic nitrogens is 5. The summed E-state index contributed by atoms with van der Waals surface area (Å²) in [4.78, 5) is 18.3. The summed E-state index contributed by atoms with van der Waals surface area (Å²) < 4.78 is 7.92. The van der Waals surface area contributed by atoms with Gasteiger partial charge in [-0.25, -0.2) is 9.97 Å². The molecule has 144 valence electrons. The van der Waals surface area contributed by atoms with Gasteiger partial charge in [-0.2, -0.15) is 4.98 Å². The highest BCUT2D eigenvalue weighted by Gasteiger charge is 2.20. The van der Waals surface area contributed by atoms with E-state index in [9.17, 15) is 5.11 Å². The Morgan fingerprint density at radius 1 is 1.07 bits per heavy atom. The second kappa shape index (κ2) is 7.23. The quantitative estimate of drug-likeness (QED) is 0.475. The summed E-state index contributed by atoms with van der Waals surface area (Å²) in [6.45, 7) is 1.13. The van der Waals surface area contributed by atoms with Gasteiger partial charge in [0.25, 0.3) is 0 Å². The number of pyridine rings is 1. The molecule has 1 aromatic carbocycles. The molecule has 0 aliphatic carbocycles. The summed E-state index contributed by atoms with van der Waals surface area (Å²) >= 11 is 1.40. The lowest BCUT2D eigenvalue weighted by molar-refractivity contribution is 0.188. The second-order valence-corrected chi connectivity index (χ2v) is 7.36.